The number of anilines is 2. The number of ether oxygens (including phenoxy) is 1. The molecule has 0 aliphatic carbocycles. The number of benzene rings is 2. The molecule has 3 amide bonds. The first kappa shape index (κ1) is 24.0. The summed E-state index contributed by atoms with van der Waals surface area (Å²) in [6.45, 7) is 5.08. The van der Waals surface area contributed by atoms with Gasteiger partial charge in [-0.2, -0.15) is 0 Å². The minimum absolute atomic E-state index is 0.0207. The van der Waals surface area contributed by atoms with Gasteiger partial charge in [0.2, 0.25) is 5.91 Å². The number of nitrogens with zero attached hydrogens (tertiary/aromatic N) is 3. The Morgan fingerprint density at radius 3 is 2.64 bits per heavy atom. The average Bonchev–Trinajstić information content (AvgIpc) is 3.45. The van der Waals surface area contributed by atoms with E-state index in [4.69, 9.17) is 4.74 Å². The maximum atomic E-state index is 13.5. The molecule has 2 aliphatic rings. The molecule has 8 nitrogen and oxygen atoms in total. The van der Waals surface area contributed by atoms with E-state index in [0.29, 0.717) is 41.3 Å². The van der Waals surface area contributed by atoms with Crippen LogP contribution in [0.4, 0.5) is 11.4 Å². The van der Waals surface area contributed by atoms with Crippen LogP contribution in [-0.4, -0.2) is 42.9 Å². The van der Waals surface area contributed by atoms with Crippen LogP contribution in [0.3, 0.4) is 0 Å². The lowest BCUT2D eigenvalue weighted by Gasteiger charge is -2.35. The zero-order valence-corrected chi connectivity index (χ0v) is 21.3. The van der Waals surface area contributed by atoms with E-state index >= 15 is 0 Å². The normalized spacial score (nSPS) is 18.2. The van der Waals surface area contributed by atoms with Gasteiger partial charge in [0.25, 0.3) is 11.8 Å². The smallest absolute Gasteiger partial charge is 0.268 e. The van der Waals surface area contributed by atoms with Crippen LogP contribution in [0, 0.1) is 12.8 Å². The topological polar surface area (TPSA) is 91.8 Å². The van der Waals surface area contributed by atoms with Gasteiger partial charge in [0.15, 0.2) is 0 Å². The van der Waals surface area contributed by atoms with E-state index in [2.05, 4.69) is 15.2 Å². The largest absolute Gasteiger partial charge is 0.497 e. The fourth-order valence-electron chi connectivity index (χ4n) is 4.89. The molecule has 1 saturated heterocycles. The van der Waals surface area contributed by atoms with Gasteiger partial charge >= 0.3 is 0 Å². The van der Waals surface area contributed by atoms with Crippen molar-refractivity contribution in [2.24, 2.45) is 5.92 Å². The summed E-state index contributed by atoms with van der Waals surface area (Å²) >= 11 is 1.56. The molecule has 186 valence electrons. The SMILES string of the molecule is COc1ccc(N2C(=O)c3cccc(N4CCC[C@H](C(=O)N[C@H](C)c5csc(C)n5)C4)c3C2=O)cc1. The average molecular weight is 505 g/mol. The molecular weight excluding hydrogens is 476 g/mol. The highest BCUT2D eigenvalue weighted by Gasteiger charge is 2.40. The molecule has 2 aliphatic heterocycles. The van der Waals surface area contributed by atoms with Crippen LogP contribution in [0.25, 0.3) is 0 Å². The van der Waals surface area contributed by atoms with E-state index in [-0.39, 0.29) is 29.7 Å². The third-order valence-electron chi connectivity index (χ3n) is 6.80. The number of aromatic nitrogens is 1. The molecule has 36 heavy (non-hydrogen) atoms. The summed E-state index contributed by atoms with van der Waals surface area (Å²) in [4.78, 5) is 47.6. The summed E-state index contributed by atoms with van der Waals surface area (Å²) < 4.78 is 5.19. The lowest BCUT2D eigenvalue weighted by atomic mass is 9.95. The van der Waals surface area contributed by atoms with Crippen LogP contribution in [-0.2, 0) is 4.79 Å². The minimum Gasteiger partial charge on any atom is -0.497 e. The first-order chi connectivity index (χ1) is 17.4. The maximum absolute atomic E-state index is 13.5. The van der Waals surface area contributed by atoms with Crippen molar-refractivity contribution in [2.75, 3.05) is 30.0 Å². The van der Waals surface area contributed by atoms with Gasteiger partial charge in [0.05, 0.1) is 52.3 Å². The van der Waals surface area contributed by atoms with Crippen LogP contribution in [0.15, 0.2) is 47.8 Å². The molecule has 0 spiro atoms. The number of piperidine rings is 1. The number of hydrogen-bond acceptors (Lipinski definition) is 7. The summed E-state index contributed by atoms with van der Waals surface area (Å²) in [6.07, 6.45) is 1.58. The molecule has 0 bridgehead atoms. The number of nitrogens with one attached hydrogen (secondary N) is 1. The lowest BCUT2D eigenvalue weighted by molar-refractivity contribution is -0.125. The highest BCUT2D eigenvalue weighted by Crippen LogP contribution is 2.36. The molecule has 1 N–H and O–H groups in total. The second kappa shape index (κ2) is 9.73. The quantitative estimate of drug-likeness (QED) is 0.502. The summed E-state index contributed by atoms with van der Waals surface area (Å²) in [5.74, 6) is -0.294. The van der Waals surface area contributed by atoms with Crippen LogP contribution >= 0.6 is 11.3 Å². The molecule has 9 heteroatoms. The Morgan fingerprint density at radius 1 is 1.17 bits per heavy atom. The van der Waals surface area contributed by atoms with Gasteiger partial charge in [0, 0.05) is 18.5 Å². The van der Waals surface area contributed by atoms with Crippen LogP contribution in [0.2, 0.25) is 0 Å². The number of hydrogen-bond donors (Lipinski definition) is 1. The Balaban J connectivity index is 1.36. The number of methoxy groups -OCH3 is 1. The summed E-state index contributed by atoms with van der Waals surface area (Å²) in [5.41, 5.74) is 2.83. The molecule has 3 heterocycles. The van der Waals surface area contributed by atoms with Gasteiger partial charge in [-0.3, -0.25) is 14.4 Å². The Bertz CT molecular complexity index is 1320. The Morgan fingerprint density at radius 2 is 1.94 bits per heavy atom. The monoisotopic (exact) mass is 504 g/mol. The highest BCUT2D eigenvalue weighted by molar-refractivity contribution is 7.09. The number of thiazole rings is 1. The number of fused-ring (bicyclic) bond motifs is 1. The van der Waals surface area contributed by atoms with Crippen molar-refractivity contribution in [3.63, 3.8) is 0 Å². The minimum atomic E-state index is -0.352. The molecular formula is C27H28N4O4S. The Kier molecular flexibility index (Phi) is 6.49. The summed E-state index contributed by atoms with van der Waals surface area (Å²) in [5, 5.41) is 6.03. The van der Waals surface area contributed by atoms with Crippen molar-refractivity contribution in [1.29, 1.82) is 0 Å². The molecule has 2 atom stereocenters. The van der Waals surface area contributed by atoms with Crippen molar-refractivity contribution in [2.45, 2.75) is 32.7 Å². The number of carbonyl (C=O) groups excluding carboxylic acids is 3. The fourth-order valence-corrected chi connectivity index (χ4v) is 5.60. The molecule has 0 radical (unpaired) electrons. The fraction of sp³-hybridized carbons (Fsp3) is 0.333. The second-order valence-corrected chi connectivity index (χ2v) is 10.2. The molecule has 5 rings (SSSR count). The van der Waals surface area contributed by atoms with Gasteiger partial charge < -0.3 is 15.0 Å². The number of imide groups is 1. The summed E-state index contributed by atoms with van der Waals surface area (Å²) in [6, 6.07) is 12.0. The first-order valence-electron chi connectivity index (χ1n) is 12.0. The zero-order valence-electron chi connectivity index (χ0n) is 20.5. The van der Waals surface area contributed by atoms with Crippen molar-refractivity contribution >= 4 is 40.4 Å². The van der Waals surface area contributed by atoms with Crippen molar-refractivity contribution in [1.82, 2.24) is 10.3 Å². The molecule has 2 aromatic carbocycles. The molecule has 1 fully saturated rings. The highest BCUT2D eigenvalue weighted by atomic mass is 32.1. The second-order valence-electron chi connectivity index (χ2n) is 9.15. The van der Waals surface area contributed by atoms with Gasteiger partial charge in [-0.25, -0.2) is 9.88 Å². The Labute approximate surface area is 213 Å². The van der Waals surface area contributed by atoms with E-state index < -0.39 is 0 Å². The Hall–Kier alpha value is -3.72. The van der Waals surface area contributed by atoms with Gasteiger partial charge in [-0.05, 0) is 63.1 Å². The molecule has 1 aromatic heterocycles. The predicted octanol–water partition coefficient (Wildman–Crippen LogP) is 4.35. The van der Waals surface area contributed by atoms with E-state index in [1.54, 1.807) is 54.8 Å². The van der Waals surface area contributed by atoms with Gasteiger partial charge in [-0.1, -0.05) is 6.07 Å². The van der Waals surface area contributed by atoms with E-state index in [9.17, 15) is 14.4 Å². The lowest BCUT2D eigenvalue weighted by Crippen LogP contribution is -2.44. The summed E-state index contributed by atoms with van der Waals surface area (Å²) in [7, 11) is 1.57. The van der Waals surface area contributed by atoms with Crippen molar-refractivity contribution in [3.8, 4) is 5.75 Å². The van der Waals surface area contributed by atoms with Crippen LogP contribution in [0.1, 0.15) is 57.2 Å². The first-order valence-corrected chi connectivity index (χ1v) is 12.9. The number of amides is 3. The van der Waals surface area contributed by atoms with E-state index in [1.807, 2.05) is 25.3 Å². The van der Waals surface area contributed by atoms with E-state index in [0.717, 1.165) is 23.5 Å². The van der Waals surface area contributed by atoms with Crippen LogP contribution < -0.4 is 19.9 Å². The molecule has 3 aromatic rings. The molecule has 0 saturated carbocycles. The standard InChI is InChI=1S/C27H28N4O4S/c1-16(22-15-36-17(2)29-22)28-25(32)18-6-5-13-30(14-18)23-8-4-7-21-24(23)27(34)31(26(21)33)19-9-11-20(35-3)12-10-19/h4,7-12,15-16,18H,5-6,13-14H2,1-3H3,(H,28,32)/t16-,18+/m1/s1. The maximum Gasteiger partial charge on any atom is 0.268 e. The zero-order chi connectivity index (χ0) is 25.4. The van der Waals surface area contributed by atoms with Crippen LogP contribution in [0.5, 0.6) is 5.75 Å². The number of rotatable bonds is 6. The number of aryl methyl sites for hydroxylation is 1. The van der Waals surface area contributed by atoms with Gasteiger partial charge in [-0.15, -0.1) is 11.3 Å². The third-order valence-corrected chi connectivity index (χ3v) is 7.59. The van der Waals surface area contributed by atoms with E-state index in [1.165, 1.54) is 4.90 Å². The van der Waals surface area contributed by atoms with Crippen molar-refractivity contribution < 1.29 is 19.1 Å². The number of carbonyl (C=O) groups is 3. The third kappa shape index (κ3) is 4.35. The van der Waals surface area contributed by atoms with Gasteiger partial charge in [0.1, 0.15) is 5.75 Å². The predicted molar refractivity (Wildman–Crippen MR) is 139 cm³/mol. The molecule has 0 unspecified atom stereocenters. The van der Waals surface area contributed by atoms with Crippen molar-refractivity contribution in [3.05, 3.63) is 69.7 Å².